The summed E-state index contributed by atoms with van der Waals surface area (Å²) in [5, 5.41) is 10.7. The van der Waals surface area contributed by atoms with Gasteiger partial charge in [0.15, 0.2) is 0 Å². The van der Waals surface area contributed by atoms with Crippen LogP contribution in [0.5, 0.6) is 11.5 Å². The molecule has 0 spiro atoms. The lowest BCUT2D eigenvalue weighted by Gasteiger charge is -2.32. The summed E-state index contributed by atoms with van der Waals surface area (Å²) in [5.41, 5.74) is 4.02. The van der Waals surface area contributed by atoms with Crippen molar-refractivity contribution in [3.63, 3.8) is 0 Å². The Morgan fingerprint density at radius 2 is 1.89 bits per heavy atom. The third-order valence-corrected chi connectivity index (χ3v) is 11.1. The molecule has 1 unspecified atom stereocenters. The normalized spacial score (nSPS) is 18.2. The monoisotopic (exact) mass is 644 g/mol. The minimum absolute atomic E-state index is 0.0122. The average Bonchev–Trinajstić information content (AvgIpc) is 4.00. The first-order valence-corrected chi connectivity index (χ1v) is 18.0. The minimum Gasteiger partial charge on any atom is -0.497 e. The summed E-state index contributed by atoms with van der Waals surface area (Å²) < 4.78 is 44.5. The van der Waals surface area contributed by atoms with Crippen molar-refractivity contribution in [1.29, 1.82) is 0 Å². The van der Waals surface area contributed by atoms with Gasteiger partial charge in [0.05, 0.1) is 19.1 Å². The first-order valence-electron chi connectivity index (χ1n) is 16.5. The lowest BCUT2D eigenvalue weighted by Crippen LogP contribution is -2.32. The summed E-state index contributed by atoms with van der Waals surface area (Å²) >= 11 is 0. The van der Waals surface area contributed by atoms with Crippen LogP contribution in [0.3, 0.4) is 0 Å². The van der Waals surface area contributed by atoms with E-state index in [2.05, 4.69) is 30.5 Å². The van der Waals surface area contributed by atoms with Gasteiger partial charge in [-0.15, -0.1) is 10.2 Å². The number of hydrogen-bond acceptors (Lipinski definition) is 8. The molecule has 0 amide bonds. The van der Waals surface area contributed by atoms with Crippen LogP contribution in [0.1, 0.15) is 80.3 Å². The number of ether oxygens (including phenoxy) is 2. The zero-order valence-electron chi connectivity index (χ0n) is 27.2. The molecule has 0 saturated heterocycles. The Bertz CT molecular complexity index is 1850. The molecule has 2 aromatic heterocycles. The van der Waals surface area contributed by atoms with Gasteiger partial charge in [0, 0.05) is 65.9 Å². The van der Waals surface area contributed by atoms with Gasteiger partial charge >= 0.3 is 0 Å². The van der Waals surface area contributed by atoms with Crippen molar-refractivity contribution < 1.29 is 17.9 Å². The van der Waals surface area contributed by atoms with Crippen molar-refractivity contribution in [1.82, 2.24) is 24.5 Å². The Morgan fingerprint density at radius 3 is 2.61 bits per heavy atom. The van der Waals surface area contributed by atoms with Crippen LogP contribution < -0.4 is 19.1 Å². The second kappa shape index (κ2) is 12.5. The maximum atomic E-state index is 14.1. The number of pyridine rings is 1. The zero-order chi connectivity index (χ0) is 32.0. The Hall–Kier alpha value is -3.70. The van der Waals surface area contributed by atoms with Crippen molar-refractivity contribution in [2.75, 3.05) is 32.2 Å². The van der Waals surface area contributed by atoms with Gasteiger partial charge in [-0.2, -0.15) is 0 Å². The molecule has 2 heterocycles. The Labute approximate surface area is 271 Å². The number of anilines is 1. The van der Waals surface area contributed by atoms with Gasteiger partial charge in [-0.3, -0.25) is 9.55 Å². The molecule has 0 aliphatic heterocycles. The SMILES string of the molecule is COc1ccc(CN(CC2CC2)c2nncn2C2CCc3cc4cnc(C5CC5)cc4c(S(=O)(=O)NCC(C)C)c3C2)c(OC)c1. The third-order valence-electron chi connectivity index (χ3n) is 9.59. The molecule has 244 valence electrons. The molecule has 3 aliphatic carbocycles. The molecule has 10 nitrogen and oxygen atoms in total. The van der Waals surface area contributed by atoms with E-state index in [4.69, 9.17) is 14.5 Å². The number of aryl methyl sites for hydroxylation is 1. The summed E-state index contributed by atoms with van der Waals surface area (Å²) in [7, 11) is -0.444. The fraction of sp³-hybridized carbons (Fsp3) is 0.514. The molecule has 3 aliphatic rings. The fourth-order valence-corrected chi connectivity index (χ4v) is 8.42. The van der Waals surface area contributed by atoms with Crippen LogP contribution in [0.4, 0.5) is 5.95 Å². The molecule has 2 aromatic carbocycles. The smallest absolute Gasteiger partial charge is 0.241 e. The number of methoxy groups -OCH3 is 2. The summed E-state index contributed by atoms with van der Waals surface area (Å²) in [4.78, 5) is 7.45. The van der Waals surface area contributed by atoms with Gasteiger partial charge < -0.3 is 14.4 Å². The van der Waals surface area contributed by atoms with Crippen LogP contribution in [0.25, 0.3) is 10.8 Å². The van der Waals surface area contributed by atoms with E-state index in [1.54, 1.807) is 14.2 Å². The summed E-state index contributed by atoms with van der Waals surface area (Å²) in [5.74, 6) is 3.56. The van der Waals surface area contributed by atoms with Crippen molar-refractivity contribution in [2.45, 2.75) is 82.2 Å². The number of nitrogens with zero attached hydrogens (tertiary/aromatic N) is 5. The topological polar surface area (TPSA) is 111 Å². The summed E-state index contributed by atoms with van der Waals surface area (Å²) in [6.07, 6.45) is 10.5. The molecule has 1 atom stereocenters. The molecule has 11 heteroatoms. The summed E-state index contributed by atoms with van der Waals surface area (Å²) in [6, 6.07) is 10.1. The maximum Gasteiger partial charge on any atom is 0.241 e. The number of sulfonamides is 1. The molecule has 46 heavy (non-hydrogen) atoms. The molecular weight excluding hydrogens is 600 g/mol. The van der Waals surface area contributed by atoms with Crippen LogP contribution in [-0.2, 0) is 29.4 Å². The number of fused-ring (bicyclic) bond motifs is 2. The molecule has 2 saturated carbocycles. The molecule has 0 bridgehead atoms. The minimum atomic E-state index is -3.78. The van der Waals surface area contributed by atoms with E-state index in [0.717, 1.165) is 82.8 Å². The van der Waals surface area contributed by atoms with Crippen LogP contribution in [-0.4, -0.2) is 55.5 Å². The number of nitrogens with one attached hydrogen (secondary N) is 1. The predicted octanol–water partition coefficient (Wildman–Crippen LogP) is 5.80. The standard InChI is InChI=1S/C35H44N6O4S/c1-22(2)17-38-46(42,43)34-30-14-28(11-9-25(30)13-27-18-36-32(16-31(27)34)24-7-8-24)41-21-37-39-35(41)40(19-23-5-6-23)20-26-10-12-29(44-3)15-33(26)45-4/h10,12-13,15-16,18,21-24,28,38H,5-9,11,14,17,19-20H2,1-4H3. The van der Waals surface area contributed by atoms with Crippen molar-refractivity contribution in [3.8, 4) is 11.5 Å². The largest absolute Gasteiger partial charge is 0.497 e. The van der Waals surface area contributed by atoms with E-state index in [0.29, 0.717) is 36.2 Å². The van der Waals surface area contributed by atoms with Gasteiger partial charge in [-0.1, -0.05) is 13.8 Å². The van der Waals surface area contributed by atoms with Gasteiger partial charge in [0.25, 0.3) is 0 Å². The number of benzene rings is 2. The Balaban J connectivity index is 1.26. The van der Waals surface area contributed by atoms with Gasteiger partial charge in [-0.05, 0) is 92.2 Å². The third kappa shape index (κ3) is 6.31. The number of rotatable bonds is 13. The van der Waals surface area contributed by atoms with Crippen molar-refractivity contribution in [3.05, 3.63) is 65.2 Å². The van der Waals surface area contributed by atoms with Crippen LogP contribution in [0.2, 0.25) is 0 Å². The second-order valence-corrected chi connectivity index (χ2v) is 15.3. The van der Waals surface area contributed by atoms with E-state index >= 15 is 0 Å². The quantitative estimate of drug-likeness (QED) is 0.194. The first kappa shape index (κ1) is 30.9. The fourth-order valence-electron chi connectivity index (χ4n) is 6.72. The molecule has 2 fully saturated rings. The first-order chi connectivity index (χ1) is 22.2. The highest BCUT2D eigenvalue weighted by Gasteiger charge is 2.34. The van der Waals surface area contributed by atoms with Crippen LogP contribution >= 0.6 is 0 Å². The van der Waals surface area contributed by atoms with Crippen LogP contribution in [0, 0.1) is 11.8 Å². The molecule has 1 N–H and O–H groups in total. The highest BCUT2D eigenvalue weighted by molar-refractivity contribution is 7.89. The van der Waals surface area contributed by atoms with Crippen molar-refractivity contribution >= 4 is 26.7 Å². The highest BCUT2D eigenvalue weighted by atomic mass is 32.2. The zero-order valence-corrected chi connectivity index (χ0v) is 28.0. The number of hydrogen-bond donors (Lipinski definition) is 1. The van der Waals surface area contributed by atoms with E-state index in [-0.39, 0.29) is 12.0 Å². The maximum absolute atomic E-state index is 14.1. The molecule has 4 aromatic rings. The molecule has 0 radical (unpaired) electrons. The van der Waals surface area contributed by atoms with Crippen molar-refractivity contribution in [2.24, 2.45) is 11.8 Å². The number of aromatic nitrogens is 4. The van der Waals surface area contributed by atoms with E-state index in [1.165, 1.54) is 12.8 Å². The van der Waals surface area contributed by atoms with E-state index in [9.17, 15) is 8.42 Å². The van der Waals surface area contributed by atoms with Gasteiger partial charge in [-0.25, -0.2) is 13.1 Å². The predicted molar refractivity (Wildman–Crippen MR) is 178 cm³/mol. The lowest BCUT2D eigenvalue weighted by atomic mass is 9.86. The van der Waals surface area contributed by atoms with Gasteiger partial charge in [0.2, 0.25) is 16.0 Å². The Kier molecular flexibility index (Phi) is 8.39. The van der Waals surface area contributed by atoms with Gasteiger partial charge in [0.1, 0.15) is 17.8 Å². The Morgan fingerprint density at radius 1 is 1.07 bits per heavy atom. The second-order valence-electron chi connectivity index (χ2n) is 13.6. The highest BCUT2D eigenvalue weighted by Crippen LogP contribution is 2.43. The molecular formula is C35H44N6O4S. The van der Waals surface area contributed by atoms with E-state index in [1.807, 2.05) is 50.6 Å². The summed E-state index contributed by atoms with van der Waals surface area (Å²) in [6.45, 7) is 5.92. The van der Waals surface area contributed by atoms with Crippen LogP contribution in [0.15, 0.2) is 47.8 Å². The average molecular weight is 645 g/mol. The lowest BCUT2D eigenvalue weighted by molar-refractivity contribution is 0.390. The molecule has 7 rings (SSSR count). The van der Waals surface area contributed by atoms with E-state index < -0.39 is 10.0 Å².